The van der Waals surface area contributed by atoms with Gasteiger partial charge in [0.25, 0.3) is 0 Å². The van der Waals surface area contributed by atoms with Gasteiger partial charge >= 0.3 is 0 Å². The van der Waals surface area contributed by atoms with Gasteiger partial charge in [0.05, 0.1) is 11.0 Å². The maximum absolute atomic E-state index is 11.8. The molecule has 1 saturated heterocycles. The van der Waals surface area contributed by atoms with E-state index in [1.54, 1.807) is 0 Å². The lowest BCUT2D eigenvalue weighted by atomic mass is 9.94. The molecule has 1 rings (SSSR count). The molecule has 0 aromatic rings. The van der Waals surface area contributed by atoms with Crippen molar-refractivity contribution in [3.63, 3.8) is 0 Å². The Morgan fingerprint density at radius 2 is 2.00 bits per heavy atom. The molecular weight excluding hydrogens is 210 g/mol. The number of ether oxygens (including phenoxy) is 1. The first kappa shape index (κ1) is 13.1. The minimum absolute atomic E-state index is 0.243. The lowest BCUT2D eigenvalue weighted by Gasteiger charge is -2.28. The van der Waals surface area contributed by atoms with Crippen LogP contribution in [0.1, 0.15) is 40.0 Å². The normalized spacial score (nSPS) is 24.7. The summed E-state index contributed by atoms with van der Waals surface area (Å²) < 4.78 is 20.3. The Labute approximate surface area is 95.6 Å². The van der Waals surface area contributed by atoms with Crippen molar-refractivity contribution in [3.8, 4) is 0 Å². The fraction of sp³-hybridized carbons (Fsp3) is 1.00. The number of rotatable bonds is 5. The van der Waals surface area contributed by atoms with Crippen LogP contribution in [0, 0.1) is 5.92 Å². The molecule has 0 aromatic carbocycles. The summed E-state index contributed by atoms with van der Waals surface area (Å²) in [6.45, 7) is 7.94. The van der Waals surface area contributed by atoms with Gasteiger partial charge in [-0.2, -0.15) is 0 Å². The predicted octanol–water partition coefficient (Wildman–Crippen LogP) is 1.85. The maximum atomic E-state index is 11.8. The fourth-order valence-electron chi connectivity index (χ4n) is 1.76. The van der Waals surface area contributed by atoms with E-state index in [4.69, 9.17) is 4.74 Å². The molecule has 4 heteroatoms. The van der Waals surface area contributed by atoms with Crippen molar-refractivity contribution in [3.05, 3.63) is 0 Å². The first-order valence-corrected chi connectivity index (χ1v) is 7.11. The molecule has 0 saturated carbocycles. The van der Waals surface area contributed by atoms with E-state index in [0.29, 0.717) is 12.0 Å². The summed E-state index contributed by atoms with van der Waals surface area (Å²) in [7, 11) is -0.887. The maximum Gasteiger partial charge on any atom is 0.0946 e. The molecule has 3 atom stereocenters. The predicted molar refractivity (Wildman–Crippen MR) is 64.0 cm³/mol. The van der Waals surface area contributed by atoms with Crippen LogP contribution in [0.5, 0.6) is 0 Å². The Morgan fingerprint density at radius 3 is 2.53 bits per heavy atom. The topological polar surface area (TPSA) is 38.3 Å². The zero-order valence-electron chi connectivity index (χ0n) is 9.99. The van der Waals surface area contributed by atoms with E-state index in [1.165, 1.54) is 0 Å². The van der Waals surface area contributed by atoms with Crippen LogP contribution in [0.15, 0.2) is 0 Å². The number of nitrogens with one attached hydrogen (secondary N) is 1. The second kappa shape index (κ2) is 6.61. The van der Waals surface area contributed by atoms with Gasteiger partial charge in [-0.3, -0.25) is 0 Å². The molecule has 1 heterocycles. The van der Waals surface area contributed by atoms with Crippen LogP contribution in [0.4, 0.5) is 0 Å². The average molecular weight is 233 g/mol. The third-order valence-corrected chi connectivity index (χ3v) is 4.88. The van der Waals surface area contributed by atoms with E-state index < -0.39 is 11.0 Å². The Morgan fingerprint density at radius 1 is 1.40 bits per heavy atom. The summed E-state index contributed by atoms with van der Waals surface area (Å²) in [6.07, 6.45) is 3.14. The van der Waals surface area contributed by atoms with Crippen molar-refractivity contribution in [2.24, 2.45) is 5.92 Å². The number of hydrogen-bond donors (Lipinski definition) is 1. The molecule has 0 spiro atoms. The second-order valence-electron chi connectivity index (χ2n) is 4.37. The van der Waals surface area contributed by atoms with Crippen molar-refractivity contribution in [1.29, 1.82) is 0 Å². The Balaban J connectivity index is 2.33. The molecule has 15 heavy (non-hydrogen) atoms. The molecule has 1 fully saturated rings. The van der Waals surface area contributed by atoms with Crippen molar-refractivity contribution in [2.75, 3.05) is 13.2 Å². The van der Waals surface area contributed by atoms with E-state index in [0.717, 1.165) is 32.5 Å². The molecular formula is C11H23NO2S. The fourth-order valence-corrected chi connectivity index (χ4v) is 2.86. The van der Waals surface area contributed by atoms with Crippen LogP contribution in [0.25, 0.3) is 0 Å². The summed E-state index contributed by atoms with van der Waals surface area (Å²) in [5.74, 6) is 0.617. The van der Waals surface area contributed by atoms with Crippen molar-refractivity contribution < 1.29 is 8.95 Å². The summed E-state index contributed by atoms with van der Waals surface area (Å²) in [5, 5.41) is 0.243. The van der Waals surface area contributed by atoms with Crippen LogP contribution in [0.3, 0.4) is 0 Å². The van der Waals surface area contributed by atoms with E-state index in [9.17, 15) is 4.21 Å². The van der Waals surface area contributed by atoms with Gasteiger partial charge < -0.3 is 4.74 Å². The summed E-state index contributed by atoms with van der Waals surface area (Å²) in [5.41, 5.74) is 0. The summed E-state index contributed by atoms with van der Waals surface area (Å²) >= 11 is 0. The highest BCUT2D eigenvalue weighted by molar-refractivity contribution is 7.83. The highest BCUT2D eigenvalue weighted by Gasteiger charge is 2.22. The van der Waals surface area contributed by atoms with Crippen LogP contribution >= 0.6 is 0 Å². The quantitative estimate of drug-likeness (QED) is 0.787. The smallest absolute Gasteiger partial charge is 0.0946 e. The third-order valence-electron chi connectivity index (χ3n) is 3.22. The van der Waals surface area contributed by atoms with Crippen molar-refractivity contribution >= 4 is 11.0 Å². The van der Waals surface area contributed by atoms with Gasteiger partial charge in [0.2, 0.25) is 0 Å². The Bertz CT molecular complexity index is 205. The second-order valence-corrected chi connectivity index (χ2v) is 6.01. The molecule has 90 valence electrons. The molecule has 0 radical (unpaired) electrons. The molecule has 3 nitrogen and oxygen atoms in total. The van der Waals surface area contributed by atoms with Gasteiger partial charge in [-0.05, 0) is 39.0 Å². The number of hydrogen-bond acceptors (Lipinski definition) is 2. The molecule has 1 aliphatic heterocycles. The molecule has 0 amide bonds. The zero-order valence-corrected chi connectivity index (χ0v) is 10.8. The van der Waals surface area contributed by atoms with E-state index in [2.05, 4.69) is 18.6 Å². The van der Waals surface area contributed by atoms with Gasteiger partial charge in [-0.25, -0.2) is 8.93 Å². The SMILES string of the molecule is CCC(C)S(=O)N[C@H](C)C1CCOCC1. The molecule has 1 N–H and O–H groups in total. The van der Waals surface area contributed by atoms with Crippen LogP contribution in [0.2, 0.25) is 0 Å². The minimum Gasteiger partial charge on any atom is -0.381 e. The summed E-state index contributed by atoms with van der Waals surface area (Å²) in [4.78, 5) is 0. The Kier molecular flexibility index (Phi) is 5.79. The van der Waals surface area contributed by atoms with Crippen molar-refractivity contribution in [2.45, 2.75) is 51.3 Å². The third kappa shape index (κ3) is 4.21. The van der Waals surface area contributed by atoms with Gasteiger partial charge in [0, 0.05) is 24.5 Å². The van der Waals surface area contributed by atoms with E-state index in [-0.39, 0.29) is 5.25 Å². The van der Waals surface area contributed by atoms with Gasteiger partial charge in [0.1, 0.15) is 0 Å². The highest BCUT2D eigenvalue weighted by Crippen LogP contribution is 2.19. The first-order chi connectivity index (χ1) is 7.15. The van der Waals surface area contributed by atoms with Gasteiger partial charge in [-0.15, -0.1) is 0 Å². The van der Waals surface area contributed by atoms with Crippen LogP contribution in [-0.4, -0.2) is 28.7 Å². The molecule has 0 aliphatic carbocycles. The van der Waals surface area contributed by atoms with E-state index in [1.807, 2.05) is 6.92 Å². The minimum atomic E-state index is -0.887. The largest absolute Gasteiger partial charge is 0.381 e. The molecule has 0 bridgehead atoms. The first-order valence-electron chi connectivity index (χ1n) is 5.89. The molecule has 0 aromatic heterocycles. The van der Waals surface area contributed by atoms with Crippen LogP contribution < -0.4 is 4.72 Å². The van der Waals surface area contributed by atoms with Gasteiger partial charge in [-0.1, -0.05) is 6.92 Å². The Hall–Kier alpha value is 0.0700. The lowest BCUT2D eigenvalue weighted by Crippen LogP contribution is -2.40. The van der Waals surface area contributed by atoms with Gasteiger partial charge in [0.15, 0.2) is 0 Å². The van der Waals surface area contributed by atoms with E-state index >= 15 is 0 Å². The zero-order chi connectivity index (χ0) is 11.3. The van der Waals surface area contributed by atoms with Crippen LogP contribution in [-0.2, 0) is 15.7 Å². The standard InChI is InChI=1S/C11H23NO2S/c1-4-9(2)15(13)12-10(3)11-5-7-14-8-6-11/h9-12H,4-8H2,1-3H3/t9?,10-,15?/m1/s1. The van der Waals surface area contributed by atoms with Crippen molar-refractivity contribution in [1.82, 2.24) is 4.72 Å². The summed E-state index contributed by atoms with van der Waals surface area (Å²) in [6, 6.07) is 0.337. The highest BCUT2D eigenvalue weighted by atomic mass is 32.2. The molecule has 2 unspecified atom stereocenters. The molecule has 1 aliphatic rings. The average Bonchev–Trinajstić information content (AvgIpc) is 2.29. The monoisotopic (exact) mass is 233 g/mol. The lowest BCUT2D eigenvalue weighted by molar-refractivity contribution is 0.0587.